The van der Waals surface area contributed by atoms with E-state index in [0.717, 1.165) is 18.7 Å². The fourth-order valence-corrected chi connectivity index (χ4v) is 2.03. The number of methoxy groups -OCH3 is 1. The molecule has 0 aliphatic carbocycles. The first-order chi connectivity index (χ1) is 9.19. The highest BCUT2D eigenvalue weighted by atomic mass is 16.5. The van der Waals surface area contributed by atoms with E-state index in [-0.39, 0.29) is 0 Å². The third kappa shape index (κ3) is 3.75. The summed E-state index contributed by atoms with van der Waals surface area (Å²) >= 11 is 0. The van der Waals surface area contributed by atoms with Crippen molar-refractivity contribution in [2.24, 2.45) is 0 Å². The van der Waals surface area contributed by atoms with Gasteiger partial charge in [-0.05, 0) is 61.2 Å². The maximum atomic E-state index is 5.23. The Morgan fingerprint density at radius 2 is 1.84 bits per heavy atom. The summed E-state index contributed by atoms with van der Waals surface area (Å²) in [4.78, 5) is 0. The van der Waals surface area contributed by atoms with E-state index >= 15 is 0 Å². The van der Waals surface area contributed by atoms with E-state index in [2.05, 4.69) is 49.5 Å². The Hall–Kier alpha value is -1.96. The van der Waals surface area contributed by atoms with Crippen LogP contribution in [0.2, 0.25) is 0 Å². The molecule has 0 atom stereocenters. The van der Waals surface area contributed by atoms with Gasteiger partial charge in [0, 0.05) is 12.2 Å². The molecule has 0 aliphatic heterocycles. The number of hydrogen-bond donors (Lipinski definition) is 1. The Morgan fingerprint density at radius 3 is 2.58 bits per heavy atom. The molecule has 0 spiro atoms. The first-order valence-corrected chi connectivity index (χ1v) is 6.63. The van der Waals surface area contributed by atoms with Gasteiger partial charge in [0.15, 0.2) is 0 Å². The van der Waals surface area contributed by atoms with Crippen molar-refractivity contribution in [2.75, 3.05) is 19.0 Å². The SMILES string of the molecule is COc1cccc(CCNc2ccc(C)c(C)c2)c1. The van der Waals surface area contributed by atoms with Gasteiger partial charge < -0.3 is 10.1 Å². The fourth-order valence-electron chi connectivity index (χ4n) is 2.03. The molecule has 2 rings (SSSR count). The number of hydrogen-bond acceptors (Lipinski definition) is 2. The lowest BCUT2D eigenvalue weighted by Crippen LogP contribution is -2.05. The third-order valence-electron chi connectivity index (χ3n) is 3.38. The number of benzene rings is 2. The quantitative estimate of drug-likeness (QED) is 0.873. The lowest BCUT2D eigenvalue weighted by molar-refractivity contribution is 0.414. The molecule has 2 aromatic carbocycles. The molecule has 0 aliphatic rings. The molecule has 2 aromatic rings. The zero-order valence-electron chi connectivity index (χ0n) is 11.9. The van der Waals surface area contributed by atoms with E-state index in [1.807, 2.05) is 12.1 Å². The summed E-state index contributed by atoms with van der Waals surface area (Å²) in [7, 11) is 1.70. The molecule has 0 bridgehead atoms. The minimum absolute atomic E-state index is 0.920. The average Bonchev–Trinajstić information content (AvgIpc) is 2.43. The van der Waals surface area contributed by atoms with E-state index < -0.39 is 0 Å². The predicted molar refractivity (Wildman–Crippen MR) is 81.1 cm³/mol. The number of nitrogens with one attached hydrogen (secondary N) is 1. The smallest absolute Gasteiger partial charge is 0.119 e. The van der Waals surface area contributed by atoms with E-state index in [1.54, 1.807) is 7.11 Å². The monoisotopic (exact) mass is 255 g/mol. The van der Waals surface area contributed by atoms with Gasteiger partial charge in [-0.15, -0.1) is 0 Å². The van der Waals surface area contributed by atoms with Crippen molar-refractivity contribution in [3.63, 3.8) is 0 Å². The van der Waals surface area contributed by atoms with Gasteiger partial charge in [-0.25, -0.2) is 0 Å². The van der Waals surface area contributed by atoms with Gasteiger partial charge in [-0.1, -0.05) is 18.2 Å². The van der Waals surface area contributed by atoms with E-state index in [4.69, 9.17) is 4.74 Å². The van der Waals surface area contributed by atoms with Crippen LogP contribution in [0.1, 0.15) is 16.7 Å². The van der Waals surface area contributed by atoms with E-state index in [9.17, 15) is 0 Å². The lowest BCUT2D eigenvalue weighted by Gasteiger charge is -2.09. The summed E-state index contributed by atoms with van der Waals surface area (Å²) in [5.41, 5.74) is 5.13. The second-order valence-electron chi connectivity index (χ2n) is 4.83. The van der Waals surface area contributed by atoms with Gasteiger partial charge in [0.1, 0.15) is 5.75 Å². The predicted octanol–water partition coefficient (Wildman–Crippen LogP) is 3.97. The molecule has 0 amide bonds. The summed E-state index contributed by atoms with van der Waals surface area (Å²) in [5.74, 6) is 0.920. The van der Waals surface area contributed by atoms with Crippen molar-refractivity contribution in [1.29, 1.82) is 0 Å². The minimum Gasteiger partial charge on any atom is -0.497 e. The van der Waals surface area contributed by atoms with Gasteiger partial charge >= 0.3 is 0 Å². The Labute approximate surface area is 115 Å². The topological polar surface area (TPSA) is 21.3 Å². The molecule has 0 saturated heterocycles. The number of ether oxygens (including phenoxy) is 1. The molecule has 1 N–H and O–H groups in total. The molecule has 0 radical (unpaired) electrons. The highest BCUT2D eigenvalue weighted by molar-refractivity contribution is 5.48. The van der Waals surface area contributed by atoms with E-state index in [1.165, 1.54) is 22.4 Å². The maximum absolute atomic E-state index is 5.23. The number of anilines is 1. The molecule has 0 unspecified atom stereocenters. The van der Waals surface area contributed by atoms with Crippen molar-refractivity contribution in [3.05, 3.63) is 59.2 Å². The van der Waals surface area contributed by atoms with Crippen LogP contribution in [-0.2, 0) is 6.42 Å². The summed E-state index contributed by atoms with van der Waals surface area (Å²) in [6, 6.07) is 14.7. The molecule has 2 nitrogen and oxygen atoms in total. The Balaban J connectivity index is 1.90. The highest BCUT2D eigenvalue weighted by Crippen LogP contribution is 2.15. The minimum atomic E-state index is 0.920. The average molecular weight is 255 g/mol. The molecular formula is C17H21NO. The fraction of sp³-hybridized carbons (Fsp3) is 0.294. The third-order valence-corrected chi connectivity index (χ3v) is 3.38. The zero-order valence-corrected chi connectivity index (χ0v) is 11.9. The molecular weight excluding hydrogens is 234 g/mol. The first kappa shape index (κ1) is 13.5. The highest BCUT2D eigenvalue weighted by Gasteiger charge is 1.98. The van der Waals surface area contributed by atoms with Gasteiger partial charge in [0.25, 0.3) is 0 Å². The Bertz CT molecular complexity index is 549. The van der Waals surface area contributed by atoms with Crippen molar-refractivity contribution in [2.45, 2.75) is 20.3 Å². The molecule has 2 heteroatoms. The lowest BCUT2D eigenvalue weighted by atomic mass is 10.1. The summed E-state index contributed by atoms with van der Waals surface area (Å²) < 4.78 is 5.23. The Kier molecular flexibility index (Phi) is 4.45. The molecule has 100 valence electrons. The van der Waals surface area contributed by atoms with Crippen LogP contribution < -0.4 is 10.1 Å². The molecule has 0 saturated carbocycles. The number of rotatable bonds is 5. The normalized spacial score (nSPS) is 10.3. The van der Waals surface area contributed by atoms with Crippen LogP contribution in [0.4, 0.5) is 5.69 Å². The second-order valence-corrected chi connectivity index (χ2v) is 4.83. The summed E-state index contributed by atoms with van der Waals surface area (Å²) in [6.45, 7) is 5.20. The van der Waals surface area contributed by atoms with Gasteiger partial charge in [-0.3, -0.25) is 0 Å². The second kappa shape index (κ2) is 6.28. The van der Waals surface area contributed by atoms with Crippen LogP contribution in [0.25, 0.3) is 0 Å². The van der Waals surface area contributed by atoms with Crippen LogP contribution in [0.5, 0.6) is 5.75 Å². The van der Waals surface area contributed by atoms with E-state index in [0.29, 0.717) is 0 Å². The van der Waals surface area contributed by atoms with Crippen molar-refractivity contribution >= 4 is 5.69 Å². The molecule has 0 fully saturated rings. The van der Waals surface area contributed by atoms with Crippen LogP contribution in [0.3, 0.4) is 0 Å². The number of aryl methyl sites for hydroxylation is 2. The van der Waals surface area contributed by atoms with Crippen molar-refractivity contribution < 1.29 is 4.74 Å². The largest absolute Gasteiger partial charge is 0.497 e. The maximum Gasteiger partial charge on any atom is 0.119 e. The first-order valence-electron chi connectivity index (χ1n) is 6.63. The van der Waals surface area contributed by atoms with Crippen LogP contribution in [-0.4, -0.2) is 13.7 Å². The van der Waals surface area contributed by atoms with Crippen molar-refractivity contribution in [1.82, 2.24) is 0 Å². The van der Waals surface area contributed by atoms with Crippen LogP contribution in [0, 0.1) is 13.8 Å². The summed E-state index contributed by atoms with van der Waals surface area (Å²) in [5, 5.41) is 3.46. The van der Waals surface area contributed by atoms with Crippen LogP contribution in [0.15, 0.2) is 42.5 Å². The van der Waals surface area contributed by atoms with Crippen LogP contribution >= 0.6 is 0 Å². The molecule has 19 heavy (non-hydrogen) atoms. The summed E-state index contributed by atoms with van der Waals surface area (Å²) in [6.07, 6.45) is 0.990. The Morgan fingerprint density at radius 1 is 1.00 bits per heavy atom. The molecule has 0 aromatic heterocycles. The van der Waals surface area contributed by atoms with Crippen molar-refractivity contribution in [3.8, 4) is 5.75 Å². The molecule has 0 heterocycles. The zero-order chi connectivity index (χ0) is 13.7. The van der Waals surface area contributed by atoms with Gasteiger partial charge in [0.05, 0.1) is 7.11 Å². The van der Waals surface area contributed by atoms with Gasteiger partial charge in [0.2, 0.25) is 0 Å². The van der Waals surface area contributed by atoms with Gasteiger partial charge in [-0.2, -0.15) is 0 Å². The standard InChI is InChI=1S/C17H21NO/c1-13-7-8-16(11-14(13)2)18-10-9-15-5-4-6-17(12-15)19-3/h4-8,11-12,18H,9-10H2,1-3H3.